The zero-order chi connectivity index (χ0) is 11.1. The summed E-state index contributed by atoms with van der Waals surface area (Å²) >= 11 is 11.7. The summed E-state index contributed by atoms with van der Waals surface area (Å²) in [5, 5.41) is 11.1. The summed E-state index contributed by atoms with van der Waals surface area (Å²) < 4.78 is 0. The van der Waals surface area contributed by atoms with Crippen molar-refractivity contribution in [3.8, 4) is 0 Å². The summed E-state index contributed by atoms with van der Waals surface area (Å²) in [6.45, 7) is 2.12. The molecule has 0 amide bonds. The van der Waals surface area contributed by atoms with E-state index in [1.54, 1.807) is 6.07 Å². The highest BCUT2D eigenvalue weighted by atomic mass is 35.5. The lowest BCUT2D eigenvalue weighted by Gasteiger charge is -2.17. The molecule has 1 N–H and O–H groups in total. The molecule has 0 saturated heterocycles. The molecular formula is C12H14Cl2O. The Bertz CT molecular complexity index is 372. The normalized spacial score (nSPS) is 20.0. The van der Waals surface area contributed by atoms with Gasteiger partial charge in [0.25, 0.3) is 0 Å². The van der Waals surface area contributed by atoms with Gasteiger partial charge in [0.1, 0.15) is 0 Å². The Morgan fingerprint density at radius 3 is 2.53 bits per heavy atom. The summed E-state index contributed by atoms with van der Waals surface area (Å²) in [5.74, 6) is 0. The first-order valence-electron chi connectivity index (χ1n) is 5.13. The van der Waals surface area contributed by atoms with Gasteiger partial charge < -0.3 is 5.11 Å². The maximum Gasteiger partial charge on any atom is 0.0634 e. The van der Waals surface area contributed by atoms with Gasteiger partial charge in [0.05, 0.1) is 16.1 Å². The van der Waals surface area contributed by atoms with Crippen LogP contribution in [0.4, 0.5) is 0 Å². The smallest absolute Gasteiger partial charge is 0.0634 e. The van der Waals surface area contributed by atoms with Gasteiger partial charge in [-0.1, -0.05) is 36.2 Å². The second-order valence-corrected chi connectivity index (χ2v) is 5.44. The summed E-state index contributed by atoms with van der Waals surface area (Å²) in [7, 11) is 0. The molecule has 1 aliphatic carbocycles. The molecule has 15 heavy (non-hydrogen) atoms. The second-order valence-electron chi connectivity index (χ2n) is 4.62. The van der Waals surface area contributed by atoms with Gasteiger partial charge in [0.15, 0.2) is 0 Å². The zero-order valence-corrected chi connectivity index (χ0v) is 10.1. The Kier molecular flexibility index (Phi) is 2.98. The molecule has 0 spiro atoms. The van der Waals surface area contributed by atoms with Gasteiger partial charge in [-0.25, -0.2) is 0 Å². The molecule has 1 nitrogen and oxygen atoms in total. The lowest BCUT2D eigenvalue weighted by molar-refractivity contribution is 0.103. The van der Waals surface area contributed by atoms with E-state index in [1.165, 1.54) is 0 Å². The number of rotatable bonds is 3. The van der Waals surface area contributed by atoms with Gasteiger partial charge in [-0.15, -0.1) is 0 Å². The zero-order valence-electron chi connectivity index (χ0n) is 8.63. The molecule has 0 aromatic heterocycles. The molecule has 1 aliphatic rings. The average molecular weight is 245 g/mol. The van der Waals surface area contributed by atoms with E-state index >= 15 is 0 Å². The monoisotopic (exact) mass is 244 g/mol. The highest BCUT2D eigenvalue weighted by Gasteiger charge is 2.43. The van der Waals surface area contributed by atoms with Gasteiger partial charge in [0, 0.05) is 0 Å². The third-order valence-electron chi connectivity index (χ3n) is 3.26. The van der Waals surface area contributed by atoms with Crippen molar-refractivity contribution in [1.82, 2.24) is 0 Å². The molecule has 1 fully saturated rings. The maximum atomic E-state index is 9.99. The SMILES string of the molecule is CC1(C(O)Cc2ccc(Cl)c(Cl)c2)CC1. The van der Waals surface area contributed by atoms with Crippen LogP contribution in [0.25, 0.3) is 0 Å². The standard InChI is InChI=1S/C12H14Cl2O/c1-12(4-5-12)11(15)7-8-2-3-9(13)10(14)6-8/h2-3,6,11,15H,4-5,7H2,1H3. The molecule has 0 heterocycles. The molecule has 0 aliphatic heterocycles. The first-order chi connectivity index (χ1) is 7.01. The quantitative estimate of drug-likeness (QED) is 0.860. The van der Waals surface area contributed by atoms with Crippen molar-refractivity contribution in [2.75, 3.05) is 0 Å². The predicted molar refractivity (Wildman–Crippen MR) is 63.5 cm³/mol. The van der Waals surface area contributed by atoms with Crippen LogP contribution >= 0.6 is 23.2 Å². The maximum absolute atomic E-state index is 9.99. The van der Waals surface area contributed by atoms with E-state index < -0.39 is 0 Å². The number of aliphatic hydroxyl groups is 1. The van der Waals surface area contributed by atoms with Crippen molar-refractivity contribution in [3.05, 3.63) is 33.8 Å². The van der Waals surface area contributed by atoms with E-state index in [9.17, 15) is 5.11 Å². The third kappa shape index (κ3) is 2.47. The Balaban J connectivity index is 2.07. The molecule has 3 heteroatoms. The molecule has 1 aromatic rings. The molecule has 82 valence electrons. The van der Waals surface area contributed by atoms with Crippen LogP contribution < -0.4 is 0 Å². The minimum absolute atomic E-state index is 0.131. The number of aliphatic hydroxyl groups excluding tert-OH is 1. The van der Waals surface area contributed by atoms with E-state index in [-0.39, 0.29) is 11.5 Å². The number of hydrogen-bond acceptors (Lipinski definition) is 1. The molecule has 1 unspecified atom stereocenters. The van der Waals surface area contributed by atoms with Crippen LogP contribution in [0.3, 0.4) is 0 Å². The van der Waals surface area contributed by atoms with E-state index in [0.29, 0.717) is 16.5 Å². The fourth-order valence-electron chi connectivity index (χ4n) is 1.67. The summed E-state index contributed by atoms with van der Waals surface area (Å²) in [6.07, 6.45) is 2.63. The summed E-state index contributed by atoms with van der Waals surface area (Å²) in [6, 6.07) is 5.53. The van der Waals surface area contributed by atoms with Crippen LogP contribution in [0.15, 0.2) is 18.2 Å². The largest absolute Gasteiger partial charge is 0.392 e. The van der Waals surface area contributed by atoms with Crippen LogP contribution in [0.1, 0.15) is 25.3 Å². The van der Waals surface area contributed by atoms with Crippen LogP contribution in [0.5, 0.6) is 0 Å². The van der Waals surface area contributed by atoms with Crippen molar-refractivity contribution in [3.63, 3.8) is 0 Å². The molecular weight excluding hydrogens is 231 g/mol. The van der Waals surface area contributed by atoms with Crippen molar-refractivity contribution in [2.45, 2.75) is 32.3 Å². The molecule has 1 atom stereocenters. The van der Waals surface area contributed by atoms with Crippen molar-refractivity contribution < 1.29 is 5.11 Å². The van der Waals surface area contributed by atoms with Crippen LogP contribution in [-0.2, 0) is 6.42 Å². The summed E-state index contributed by atoms with van der Waals surface area (Å²) in [5.41, 5.74) is 1.18. The molecule has 2 rings (SSSR count). The van der Waals surface area contributed by atoms with E-state index in [4.69, 9.17) is 23.2 Å². The van der Waals surface area contributed by atoms with Crippen molar-refractivity contribution in [1.29, 1.82) is 0 Å². The molecule has 0 radical (unpaired) electrons. The summed E-state index contributed by atoms with van der Waals surface area (Å²) in [4.78, 5) is 0. The second kappa shape index (κ2) is 3.97. The topological polar surface area (TPSA) is 20.2 Å². The Morgan fingerprint density at radius 1 is 1.33 bits per heavy atom. The van der Waals surface area contributed by atoms with Crippen molar-refractivity contribution >= 4 is 23.2 Å². The number of halogens is 2. The lowest BCUT2D eigenvalue weighted by Crippen LogP contribution is -2.21. The third-order valence-corrected chi connectivity index (χ3v) is 4.00. The van der Waals surface area contributed by atoms with Gasteiger partial charge in [-0.05, 0) is 42.4 Å². The van der Waals surface area contributed by atoms with Crippen LogP contribution in [-0.4, -0.2) is 11.2 Å². The number of benzene rings is 1. The highest BCUT2D eigenvalue weighted by Crippen LogP contribution is 2.48. The first kappa shape index (κ1) is 11.3. The van der Waals surface area contributed by atoms with Crippen molar-refractivity contribution in [2.24, 2.45) is 5.41 Å². The average Bonchev–Trinajstić information content (AvgIpc) is 2.92. The van der Waals surface area contributed by atoms with E-state index in [2.05, 4.69) is 6.92 Å². The fourth-order valence-corrected chi connectivity index (χ4v) is 1.99. The molecule has 0 bridgehead atoms. The van der Waals surface area contributed by atoms with Crippen LogP contribution in [0, 0.1) is 5.41 Å². The number of hydrogen-bond donors (Lipinski definition) is 1. The Labute approximate surface area is 100 Å². The predicted octanol–water partition coefficient (Wildman–Crippen LogP) is 3.70. The van der Waals surface area contributed by atoms with Gasteiger partial charge in [-0.2, -0.15) is 0 Å². The van der Waals surface area contributed by atoms with Gasteiger partial charge >= 0.3 is 0 Å². The Hall–Kier alpha value is -0.240. The van der Waals surface area contributed by atoms with E-state index in [1.807, 2.05) is 12.1 Å². The van der Waals surface area contributed by atoms with E-state index in [0.717, 1.165) is 18.4 Å². The molecule has 1 saturated carbocycles. The van der Waals surface area contributed by atoms with Gasteiger partial charge in [0.2, 0.25) is 0 Å². The minimum atomic E-state index is -0.269. The van der Waals surface area contributed by atoms with Crippen LogP contribution in [0.2, 0.25) is 10.0 Å². The highest BCUT2D eigenvalue weighted by molar-refractivity contribution is 6.42. The van der Waals surface area contributed by atoms with Gasteiger partial charge in [-0.3, -0.25) is 0 Å². The minimum Gasteiger partial charge on any atom is -0.392 e. The first-order valence-corrected chi connectivity index (χ1v) is 5.89. The Morgan fingerprint density at radius 2 is 2.00 bits per heavy atom. The lowest BCUT2D eigenvalue weighted by atomic mass is 9.95. The molecule has 1 aromatic carbocycles. The fraction of sp³-hybridized carbons (Fsp3) is 0.500.